The van der Waals surface area contributed by atoms with Crippen molar-refractivity contribution in [1.29, 1.82) is 0 Å². The third-order valence-corrected chi connectivity index (χ3v) is 4.57. The van der Waals surface area contributed by atoms with Crippen LogP contribution >= 0.6 is 0 Å². The molecule has 3 aromatic rings. The Hall–Kier alpha value is -2.58. The van der Waals surface area contributed by atoms with Crippen LogP contribution in [0.1, 0.15) is 24.2 Å². The summed E-state index contributed by atoms with van der Waals surface area (Å²) in [4.78, 5) is 2.13. The van der Waals surface area contributed by atoms with Crippen molar-refractivity contribution in [3.8, 4) is 5.69 Å². The van der Waals surface area contributed by atoms with Gasteiger partial charge in [0, 0.05) is 19.3 Å². The molecule has 1 fully saturated rings. The van der Waals surface area contributed by atoms with Gasteiger partial charge < -0.3 is 5.11 Å². The average molecular weight is 342 g/mol. The molecule has 130 valence electrons. The highest BCUT2D eigenvalue weighted by Crippen LogP contribution is 2.30. The van der Waals surface area contributed by atoms with Crippen molar-refractivity contribution in [3.63, 3.8) is 0 Å². The summed E-state index contributed by atoms with van der Waals surface area (Å²) in [7, 11) is 0. The molecule has 4 rings (SSSR count). The average Bonchev–Trinajstić information content (AvgIpc) is 3.27. The van der Waals surface area contributed by atoms with Crippen LogP contribution in [-0.2, 0) is 12.1 Å². The van der Waals surface area contributed by atoms with Gasteiger partial charge in [-0.25, -0.2) is 9.07 Å². The van der Waals surface area contributed by atoms with E-state index >= 15 is 0 Å². The number of benzene rings is 1. The lowest BCUT2D eigenvalue weighted by atomic mass is 9.90. The van der Waals surface area contributed by atoms with Crippen molar-refractivity contribution in [1.82, 2.24) is 30.1 Å². The maximum Gasteiger partial charge on any atom is 0.148 e. The number of rotatable bonds is 4. The second-order valence-corrected chi connectivity index (χ2v) is 6.40. The van der Waals surface area contributed by atoms with Crippen LogP contribution < -0.4 is 0 Å². The summed E-state index contributed by atoms with van der Waals surface area (Å²) in [6.07, 6.45) is 4.83. The number of piperidine rings is 1. The molecule has 25 heavy (non-hydrogen) atoms. The van der Waals surface area contributed by atoms with Crippen LogP contribution in [-0.4, -0.2) is 48.3 Å². The fourth-order valence-corrected chi connectivity index (χ4v) is 3.34. The van der Waals surface area contributed by atoms with Gasteiger partial charge in [0.2, 0.25) is 0 Å². The Kier molecular flexibility index (Phi) is 4.06. The number of aromatic nitrogens is 5. The van der Waals surface area contributed by atoms with Gasteiger partial charge in [-0.15, -0.1) is 0 Å². The molecule has 0 aliphatic carbocycles. The molecule has 0 spiro atoms. The fourth-order valence-electron chi connectivity index (χ4n) is 3.34. The second kappa shape index (κ2) is 6.38. The van der Waals surface area contributed by atoms with Crippen molar-refractivity contribution >= 4 is 0 Å². The van der Waals surface area contributed by atoms with E-state index in [1.54, 1.807) is 35.3 Å². The number of likely N-dealkylation sites (tertiary alicyclic amines) is 1. The van der Waals surface area contributed by atoms with Gasteiger partial charge in [0.1, 0.15) is 22.8 Å². The predicted molar refractivity (Wildman–Crippen MR) is 88.3 cm³/mol. The Balaban J connectivity index is 1.49. The van der Waals surface area contributed by atoms with E-state index in [1.165, 1.54) is 6.07 Å². The SMILES string of the molecule is OC1(c2cn[nH]n2)CCCN(Cc2ccn(-c3ccccc3F)n2)C1. The summed E-state index contributed by atoms with van der Waals surface area (Å²) < 4.78 is 15.4. The van der Waals surface area contributed by atoms with Gasteiger partial charge in [0.25, 0.3) is 0 Å². The van der Waals surface area contributed by atoms with Crippen LogP contribution in [0.5, 0.6) is 0 Å². The largest absolute Gasteiger partial charge is 0.382 e. The number of para-hydroxylation sites is 1. The van der Waals surface area contributed by atoms with Crippen LogP contribution in [0.4, 0.5) is 4.39 Å². The van der Waals surface area contributed by atoms with E-state index in [4.69, 9.17) is 0 Å². The molecule has 0 amide bonds. The fraction of sp³-hybridized carbons (Fsp3) is 0.353. The van der Waals surface area contributed by atoms with E-state index in [1.807, 2.05) is 6.07 Å². The van der Waals surface area contributed by atoms with E-state index in [9.17, 15) is 9.50 Å². The minimum atomic E-state index is -1.00. The highest BCUT2D eigenvalue weighted by molar-refractivity contribution is 5.32. The molecule has 0 saturated carbocycles. The van der Waals surface area contributed by atoms with E-state index in [-0.39, 0.29) is 5.82 Å². The van der Waals surface area contributed by atoms with E-state index in [0.717, 1.165) is 18.7 Å². The van der Waals surface area contributed by atoms with Crippen molar-refractivity contribution < 1.29 is 9.50 Å². The highest BCUT2D eigenvalue weighted by atomic mass is 19.1. The Bertz CT molecular complexity index is 848. The van der Waals surface area contributed by atoms with Crippen molar-refractivity contribution in [3.05, 3.63) is 59.9 Å². The Morgan fingerprint density at radius 2 is 2.16 bits per heavy atom. The smallest absolute Gasteiger partial charge is 0.148 e. The minimum absolute atomic E-state index is 0.310. The molecule has 8 heteroatoms. The first-order chi connectivity index (χ1) is 12.1. The maximum atomic E-state index is 13.9. The first-order valence-corrected chi connectivity index (χ1v) is 8.24. The van der Waals surface area contributed by atoms with Crippen LogP contribution in [0.25, 0.3) is 5.69 Å². The number of hydrogen-bond acceptors (Lipinski definition) is 5. The zero-order chi connectivity index (χ0) is 17.3. The first-order valence-electron chi connectivity index (χ1n) is 8.24. The molecule has 0 radical (unpaired) electrons. The highest BCUT2D eigenvalue weighted by Gasteiger charge is 2.37. The van der Waals surface area contributed by atoms with Crippen molar-refractivity contribution in [2.24, 2.45) is 0 Å². The lowest BCUT2D eigenvalue weighted by molar-refractivity contribution is -0.0417. The Morgan fingerprint density at radius 1 is 1.28 bits per heavy atom. The molecule has 0 bridgehead atoms. The molecular weight excluding hydrogens is 323 g/mol. The van der Waals surface area contributed by atoms with Crippen molar-refractivity contribution in [2.75, 3.05) is 13.1 Å². The molecule has 1 aromatic carbocycles. The van der Waals surface area contributed by atoms with Gasteiger partial charge in [-0.3, -0.25) is 4.90 Å². The monoisotopic (exact) mass is 342 g/mol. The molecule has 1 aliphatic heterocycles. The quantitative estimate of drug-likeness (QED) is 0.753. The summed E-state index contributed by atoms with van der Waals surface area (Å²) in [5, 5.41) is 25.7. The number of H-pyrrole nitrogens is 1. The molecule has 1 atom stereocenters. The number of aliphatic hydroxyl groups is 1. The molecular formula is C17H19FN6O. The van der Waals surface area contributed by atoms with Crippen LogP contribution in [0.2, 0.25) is 0 Å². The summed E-state index contributed by atoms with van der Waals surface area (Å²) >= 11 is 0. The number of aromatic amines is 1. The zero-order valence-electron chi connectivity index (χ0n) is 13.6. The summed E-state index contributed by atoms with van der Waals surface area (Å²) in [6, 6.07) is 8.41. The topological polar surface area (TPSA) is 82.9 Å². The molecule has 2 aromatic heterocycles. The van der Waals surface area contributed by atoms with Crippen LogP contribution in [0, 0.1) is 5.82 Å². The Labute approximate surface area is 144 Å². The lowest BCUT2D eigenvalue weighted by Gasteiger charge is -2.37. The van der Waals surface area contributed by atoms with Gasteiger partial charge >= 0.3 is 0 Å². The normalized spacial score (nSPS) is 21.5. The second-order valence-electron chi connectivity index (χ2n) is 6.40. The lowest BCUT2D eigenvalue weighted by Crippen LogP contribution is -2.46. The molecule has 1 aliphatic rings. The van der Waals surface area contributed by atoms with Gasteiger partial charge in [-0.05, 0) is 37.6 Å². The standard InChI is InChI=1S/C17H19FN6O/c18-14-4-1-2-5-15(14)24-9-6-13(21-24)11-23-8-3-7-17(25,12-23)16-10-19-22-20-16/h1-2,4-6,9-10,25H,3,7-8,11-12H2,(H,19,20,22). The number of nitrogens with zero attached hydrogens (tertiary/aromatic N) is 5. The molecule has 2 N–H and O–H groups in total. The first kappa shape index (κ1) is 15.9. The molecule has 3 heterocycles. The number of hydrogen-bond donors (Lipinski definition) is 2. The molecule has 1 unspecified atom stereocenters. The minimum Gasteiger partial charge on any atom is -0.382 e. The van der Waals surface area contributed by atoms with E-state index < -0.39 is 5.60 Å². The van der Waals surface area contributed by atoms with E-state index in [0.29, 0.717) is 30.9 Å². The third kappa shape index (κ3) is 3.18. The molecule has 1 saturated heterocycles. The van der Waals surface area contributed by atoms with E-state index in [2.05, 4.69) is 25.4 Å². The maximum absolute atomic E-state index is 13.9. The summed E-state index contributed by atoms with van der Waals surface area (Å²) in [6.45, 7) is 1.92. The van der Waals surface area contributed by atoms with Gasteiger partial charge in [0.15, 0.2) is 0 Å². The zero-order valence-corrected chi connectivity index (χ0v) is 13.6. The van der Waals surface area contributed by atoms with Gasteiger partial charge in [0.05, 0.1) is 11.9 Å². The summed E-state index contributed by atoms with van der Waals surface area (Å²) in [5.74, 6) is -0.310. The van der Waals surface area contributed by atoms with Crippen molar-refractivity contribution in [2.45, 2.75) is 25.0 Å². The van der Waals surface area contributed by atoms with Crippen LogP contribution in [0.15, 0.2) is 42.7 Å². The van der Waals surface area contributed by atoms with Gasteiger partial charge in [-0.2, -0.15) is 20.5 Å². The van der Waals surface area contributed by atoms with Crippen LogP contribution in [0.3, 0.4) is 0 Å². The van der Waals surface area contributed by atoms with Gasteiger partial charge in [-0.1, -0.05) is 12.1 Å². The number of β-amino-alcohol motifs (C(OH)–C–C–N with tert-alkyl or cyclic N) is 1. The summed E-state index contributed by atoms with van der Waals surface area (Å²) in [5.41, 5.74) is 0.813. The Morgan fingerprint density at radius 3 is 2.96 bits per heavy atom. The number of halogens is 1. The third-order valence-electron chi connectivity index (χ3n) is 4.57. The predicted octanol–water partition coefficient (Wildman–Crippen LogP) is 1.61. The molecule has 7 nitrogen and oxygen atoms in total. The number of nitrogens with one attached hydrogen (secondary N) is 1.